The number of aliphatic hydroxyl groups excluding tert-OH is 1. The van der Waals surface area contributed by atoms with E-state index in [-0.39, 0.29) is 19.0 Å². The van der Waals surface area contributed by atoms with Gasteiger partial charge in [-0.1, -0.05) is 0 Å². The van der Waals surface area contributed by atoms with Gasteiger partial charge in [0.2, 0.25) is 5.75 Å². The van der Waals surface area contributed by atoms with Crippen LogP contribution in [0.1, 0.15) is 29.2 Å². The fraction of sp³-hybridized carbons (Fsp3) is 0.583. The molecule has 4 N–H and O–H groups in total. The first-order chi connectivity index (χ1) is 10.00. The van der Waals surface area contributed by atoms with E-state index in [1.54, 1.807) is 0 Å². The second-order valence-electron chi connectivity index (χ2n) is 4.60. The minimum absolute atomic E-state index is 0.00694. The molecule has 0 unspecified atom stereocenters. The monoisotopic (exact) mass is 300 g/mol. The molecule has 0 aliphatic carbocycles. The number of nitrogens with zero attached hydrogens (tertiary/aromatic N) is 1. The lowest BCUT2D eigenvalue weighted by molar-refractivity contribution is -0.127. The van der Waals surface area contributed by atoms with E-state index in [4.69, 9.17) is 19.7 Å². The van der Waals surface area contributed by atoms with Crippen LogP contribution in [0, 0.1) is 0 Å². The van der Waals surface area contributed by atoms with Crippen molar-refractivity contribution < 1.29 is 29.6 Å². The molecule has 2 rings (SSSR count). The molecule has 0 spiro atoms. The number of hydrogen-bond acceptors (Lipinski definition) is 7. The molecule has 0 radical (unpaired) electrons. The van der Waals surface area contributed by atoms with E-state index in [0.717, 1.165) is 0 Å². The number of hydrogen-bond donors (Lipinski definition) is 4. The van der Waals surface area contributed by atoms with Gasteiger partial charge in [-0.15, -0.1) is 0 Å². The molecule has 0 amide bonds. The average Bonchev–Trinajstić information content (AvgIpc) is 2.48. The third-order valence-electron chi connectivity index (χ3n) is 3.30. The Balaban J connectivity index is 2.49. The zero-order valence-corrected chi connectivity index (χ0v) is 11.2. The van der Waals surface area contributed by atoms with E-state index < -0.39 is 28.6 Å². The quantitative estimate of drug-likeness (QED) is 0.553. The van der Waals surface area contributed by atoms with Gasteiger partial charge in [-0.2, -0.15) is 0 Å². The molecule has 2 heterocycles. The summed E-state index contributed by atoms with van der Waals surface area (Å²) in [6, 6.07) is 0. The SMILES string of the molecule is O=C(O)c1nc(C2(OCCO)CCOCC2)[nH]c(=O)c1O. The average molecular weight is 300 g/mol. The summed E-state index contributed by atoms with van der Waals surface area (Å²) in [4.78, 5) is 28.9. The predicted molar refractivity (Wildman–Crippen MR) is 68.3 cm³/mol. The first kappa shape index (κ1) is 15.4. The maximum Gasteiger partial charge on any atom is 0.358 e. The lowest BCUT2D eigenvalue weighted by Gasteiger charge is -2.35. The second-order valence-corrected chi connectivity index (χ2v) is 4.60. The number of carboxylic acids is 1. The van der Waals surface area contributed by atoms with Crippen molar-refractivity contribution >= 4 is 5.97 Å². The molecule has 0 atom stereocenters. The van der Waals surface area contributed by atoms with Crippen LogP contribution >= 0.6 is 0 Å². The summed E-state index contributed by atoms with van der Waals surface area (Å²) in [6.07, 6.45) is 0.694. The number of aromatic hydroxyl groups is 1. The highest BCUT2D eigenvalue weighted by Crippen LogP contribution is 2.34. The number of H-pyrrole nitrogens is 1. The van der Waals surface area contributed by atoms with E-state index in [2.05, 4.69) is 9.97 Å². The molecule has 21 heavy (non-hydrogen) atoms. The minimum atomic E-state index is -1.51. The summed E-state index contributed by atoms with van der Waals surface area (Å²) >= 11 is 0. The number of aromatic nitrogens is 2. The number of aliphatic hydroxyl groups is 1. The lowest BCUT2D eigenvalue weighted by Crippen LogP contribution is -2.40. The van der Waals surface area contributed by atoms with Crippen molar-refractivity contribution in [3.8, 4) is 5.75 Å². The second kappa shape index (κ2) is 6.20. The van der Waals surface area contributed by atoms with Crippen molar-refractivity contribution in [1.29, 1.82) is 0 Å². The number of rotatable bonds is 5. The van der Waals surface area contributed by atoms with Crippen LogP contribution in [0.5, 0.6) is 5.75 Å². The van der Waals surface area contributed by atoms with Gasteiger partial charge in [-0.05, 0) is 0 Å². The molecule has 1 aromatic rings. The number of aromatic amines is 1. The molecule has 1 fully saturated rings. The Kier molecular flexibility index (Phi) is 4.56. The van der Waals surface area contributed by atoms with Gasteiger partial charge >= 0.3 is 5.97 Å². The highest BCUT2D eigenvalue weighted by atomic mass is 16.5. The maximum absolute atomic E-state index is 11.7. The number of ether oxygens (including phenoxy) is 2. The number of aromatic carboxylic acids is 1. The topological polar surface area (TPSA) is 142 Å². The Morgan fingerprint density at radius 2 is 2.10 bits per heavy atom. The summed E-state index contributed by atoms with van der Waals surface area (Å²) in [7, 11) is 0. The van der Waals surface area contributed by atoms with Crippen LogP contribution in [0.2, 0.25) is 0 Å². The number of carboxylic acid groups (broad SMARTS) is 1. The molecule has 1 saturated heterocycles. The first-order valence-corrected chi connectivity index (χ1v) is 6.40. The molecule has 9 nitrogen and oxygen atoms in total. The first-order valence-electron chi connectivity index (χ1n) is 6.40. The molecule has 1 aliphatic heterocycles. The van der Waals surface area contributed by atoms with Crippen molar-refractivity contribution in [3.05, 3.63) is 21.9 Å². The fourth-order valence-electron chi connectivity index (χ4n) is 2.22. The highest BCUT2D eigenvalue weighted by molar-refractivity contribution is 5.88. The van der Waals surface area contributed by atoms with Crippen LogP contribution in [0.4, 0.5) is 0 Å². The minimum Gasteiger partial charge on any atom is -0.501 e. The normalized spacial score (nSPS) is 17.6. The standard InChI is InChI=1S/C12H16N2O7/c15-3-6-21-12(1-4-20-5-2-12)11-13-7(10(18)19)8(16)9(17)14-11/h15-16H,1-6H2,(H,18,19)(H,13,14,17). The zero-order valence-electron chi connectivity index (χ0n) is 11.2. The van der Waals surface area contributed by atoms with Gasteiger partial charge in [-0.25, -0.2) is 9.78 Å². The molecule has 1 aliphatic rings. The Labute approximate surface area is 119 Å². The molecule has 9 heteroatoms. The van der Waals surface area contributed by atoms with Crippen molar-refractivity contribution in [2.24, 2.45) is 0 Å². The van der Waals surface area contributed by atoms with Crippen LogP contribution in [0.3, 0.4) is 0 Å². The molecule has 0 aromatic carbocycles. The highest BCUT2D eigenvalue weighted by Gasteiger charge is 2.39. The van der Waals surface area contributed by atoms with Crippen molar-refractivity contribution in [2.45, 2.75) is 18.4 Å². The molecule has 1 aromatic heterocycles. The summed E-state index contributed by atoms with van der Waals surface area (Å²) in [5.74, 6) is -2.45. The maximum atomic E-state index is 11.7. The van der Waals surface area contributed by atoms with Gasteiger partial charge in [-0.3, -0.25) is 4.79 Å². The Hall–Kier alpha value is -1.97. The van der Waals surface area contributed by atoms with Crippen LogP contribution in [-0.4, -0.2) is 57.7 Å². The molecule has 0 bridgehead atoms. The summed E-state index contributed by atoms with van der Waals surface area (Å²) < 4.78 is 10.8. The molecule has 116 valence electrons. The van der Waals surface area contributed by atoms with Crippen molar-refractivity contribution in [3.63, 3.8) is 0 Å². The van der Waals surface area contributed by atoms with E-state index in [9.17, 15) is 14.7 Å². The Bertz CT molecular complexity index is 577. The van der Waals surface area contributed by atoms with Crippen LogP contribution in [0.25, 0.3) is 0 Å². The molecular weight excluding hydrogens is 284 g/mol. The summed E-state index contributed by atoms with van der Waals surface area (Å²) in [6.45, 7) is 0.473. The number of nitrogens with one attached hydrogen (secondary N) is 1. The lowest BCUT2D eigenvalue weighted by atomic mass is 9.92. The van der Waals surface area contributed by atoms with E-state index >= 15 is 0 Å². The Morgan fingerprint density at radius 3 is 2.67 bits per heavy atom. The van der Waals surface area contributed by atoms with Crippen LogP contribution < -0.4 is 5.56 Å². The van der Waals surface area contributed by atoms with Gasteiger partial charge in [0.15, 0.2) is 5.69 Å². The van der Waals surface area contributed by atoms with Crippen LogP contribution in [-0.2, 0) is 15.1 Å². The largest absolute Gasteiger partial charge is 0.501 e. The van der Waals surface area contributed by atoms with Gasteiger partial charge in [0.1, 0.15) is 11.4 Å². The van der Waals surface area contributed by atoms with Crippen LogP contribution in [0.15, 0.2) is 4.79 Å². The van der Waals surface area contributed by atoms with E-state index in [1.807, 2.05) is 0 Å². The van der Waals surface area contributed by atoms with Crippen molar-refractivity contribution in [1.82, 2.24) is 9.97 Å². The summed E-state index contributed by atoms with van der Waals surface area (Å²) in [5.41, 5.74) is -2.72. The smallest absolute Gasteiger partial charge is 0.358 e. The van der Waals surface area contributed by atoms with E-state index in [0.29, 0.717) is 26.1 Å². The van der Waals surface area contributed by atoms with Crippen molar-refractivity contribution in [2.75, 3.05) is 26.4 Å². The van der Waals surface area contributed by atoms with Gasteiger partial charge in [0.05, 0.1) is 13.2 Å². The third kappa shape index (κ3) is 3.04. The van der Waals surface area contributed by atoms with Gasteiger partial charge < -0.3 is 29.8 Å². The molecular formula is C12H16N2O7. The van der Waals surface area contributed by atoms with Gasteiger partial charge in [0, 0.05) is 26.1 Å². The van der Waals surface area contributed by atoms with Gasteiger partial charge in [0.25, 0.3) is 5.56 Å². The predicted octanol–water partition coefficient (Wildman–Crippen LogP) is -0.812. The Morgan fingerprint density at radius 1 is 1.43 bits per heavy atom. The third-order valence-corrected chi connectivity index (χ3v) is 3.30. The fourth-order valence-corrected chi connectivity index (χ4v) is 2.22. The number of carbonyl (C=O) groups is 1. The summed E-state index contributed by atoms with van der Waals surface area (Å²) in [5, 5.41) is 27.4. The molecule has 0 saturated carbocycles. The zero-order chi connectivity index (χ0) is 15.5. The van der Waals surface area contributed by atoms with E-state index in [1.165, 1.54) is 0 Å².